The molecule has 12 heavy (non-hydrogen) atoms. The standard InChI is InChI=1S/C10H8NO/c1-7-4-9(6-11-5-7)10(12)8-2-3-8/h2-6H,1H3. The minimum absolute atomic E-state index is 0.0752. The minimum atomic E-state index is 0.0752. The second-order valence-electron chi connectivity index (χ2n) is 2.87. The first-order valence-electron chi connectivity index (χ1n) is 3.79. The maximum absolute atomic E-state index is 11.4. The zero-order valence-corrected chi connectivity index (χ0v) is 6.74. The predicted molar refractivity (Wildman–Crippen MR) is 45.7 cm³/mol. The van der Waals surface area contributed by atoms with Crippen LogP contribution in [0, 0.1) is 13.3 Å². The number of carbonyl (C=O) groups is 1. The molecule has 0 aliphatic heterocycles. The summed E-state index contributed by atoms with van der Waals surface area (Å²) in [5, 5.41) is 0. The van der Waals surface area contributed by atoms with Gasteiger partial charge in [-0.25, -0.2) is 0 Å². The first-order chi connectivity index (χ1) is 5.77. The topological polar surface area (TPSA) is 30.0 Å². The lowest BCUT2D eigenvalue weighted by Crippen LogP contribution is -1.97. The Morgan fingerprint density at radius 3 is 2.75 bits per heavy atom. The van der Waals surface area contributed by atoms with Crippen LogP contribution < -0.4 is 0 Å². The van der Waals surface area contributed by atoms with Crippen molar-refractivity contribution < 1.29 is 4.79 Å². The van der Waals surface area contributed by atoms with Crippen LogP contribution in [0.4, 0.5) is 0 Å². The van der Waals surface area contributed by atoms with Crippen LogP contribution in [0.1, 0.15) is 15.9 Å². The van der Waals surface area contributed by atoms with Crippen LogP contribution in [0.15, 0.2) is 30.1 Å². The number of ketones is 1. The van der Waals surface area contributed by atoms with Gasteiger partial charge in [0.1, 0.15) is 0 Å². The second-order valence-corrected chi connectivity index (χ2v) is 2.87. The van der Waals surface area contributed by atoms with Gasteiger partial charge in [-0.1, -0.05) is 6.08 Å². The summed E-state index contributed by atoms with van der Waals surface area (Å²) in [6.45, 7) is 1.93. The molecule has 0 bridgehead atoms. The Balaban J connectivity index is 2.33. The van der Waals surface area contributed by atoms with Crippen LogP contribution in [0.3, 0.4) is 0 Å². The van der Waals surface area contributed by atoms with E-state index in [-0.39, 0.29) is 5.78 Å². The lowest BCUT2D eigenvalue weighted by atomic mass is 10.1. The number of hydrogen-bond acceptors (Lipinski definition) is 2. The molecule has 0 N–H and O–H groups in total. The molecule has 0 amide bonds. The van der Waals surface area contributed by atoms with E-state index in [4.69, 9.17) is 0 Å². The molecule has 0 unspecified atom stereocenters. The highest BCUT2D eigenvalue weighted by Crippen LogP contribution is 2.21. The predicted octanol–water partition coefficient (Wildman–Crippen LogP) is 1.72. The summed E-state index contributed by atoms with van der Waals surface area (Å²) in [7, 11) is 0. The Labute approximate surface area is 70.9 Å². The summed E-state index contributed by atoms with van der Waals surface area (Å²) < 4.78 is 0. The highest BCUT2D eigenvalue weighted by molar-refractivity contribution is 6.13. The van der Waals surface area contributed by atoms with Crippen LogP contribution in [-0.4, -0.2) is 10.8 Å². The van der Waals surface area contributed by atoms with Crippen molar-refractivity contribution in [2.24, 2.45) is 0 Å². The third kappa shape index (κ3) is 1.28. The van der Waals surface area contributed by atoms with E-state index < -0.39 is 0 Å². The fourth-order valence-corrected chi connectivity index (χ4v) is 1.04. The third-order valence-corrected chi connectivity index (χ3v) is 1.73. The Hall–Kier alpha value is -1.44. The molecule has 2 heteroatoms. The Kier molecular flexibility index (Phi) is 1.54. The molecule has 1 radical (unpaired) electrons. The van der Waals surface area contributed by atoms with Crippen LogP contribution >= 0.6 is 0 Å². The highest BCUT2D eigenvalue weighted by atomic mass is 16.1. The average molecular weight is 158 g/mol. The fraction of sp³-hybridized carbons (Fsp3) is 0.100. The number of pyridine rings is 1. The maximum Gasteiger partial charge on any atom is 0.190 e. The van der Waals surface area contributed by atoms with Crippen LogP contribution in [0.2, 0.25) is 0 Å². The van der Waals surface area contributed by atoms with Gasteiger partial charge in [-0.05, 0) is 18.6 Å². The van der Waals surface area contributed by atoms with Crippen molar-refractivity contribution in [3.05, 3.63) is 47.7 Å². The van der Waals surface area contributed by atoms with Gasteiger partial charge >= 0.3 is 0 Å². The summed E-state index contributed by atoms with van der Waals surface area (Å²) in [6.07, 6.45) is 6.96. The largest absolute Gasteiger partial charge is 0.289 e. The van der Waals surface area contributed by atoms with Gasteiger partial charge < -0.3 is 0 Å². The number of hydrogen-bond donors (Lipinski definition) is 0. The van der Waals surface area contributed by atoms with Crippen molar-refractivity contribution in [2.45, 2.75) is 6.92 Å². The van der Waals surface area contributed by atoms with E-state index in [0.717, 1.165) is 11.1 Å². The summed E-state index contributed by atoms with van der Waals surface area (Å²) in [6, 6.07) is 1.85. The molecule has 0 fully saturated rings. The van der Waals surface area contributed by atoms with Crippen molar-refractivity contribution in [1.29, 1.82) is 0 Å². The summed E-state index contributed by atoms with van der Waals surface area (Å²) in [5.41, 5.74) is 2.49. The Morgan fingerprint density at radius 1 is 1.42 bits per heavy atom. The molecular formula is C10H8NO. The molecule has 1 aromatic heterocycles. The molecule has 2 rings (SSSR count). The van der Waals surface area contributed by atoms with E-state index in [9.17, 15) is 4.79 Å². The van der Waals surface area contributed by atoms with E-state index in [1.54, 1.807) is 12.4 Å². The number of aromatic nitrogens is 1. The Bertz CT molecular complexity index is 366. The van der Waals surface area contributed by atoms with Crippen LogP contribution in [0.25, 0.3) is 0 Å². The summed E-state index contributed by atoms with van der Waals surface area (Å²) >= 11 is 0. The number of nitrogens with zero attached hydrogens (tertiary/aromatic N) is 1. The molecule has 0 saturated heterocycles. The molecule has 0 atom stereocenters. The SMILES string of the molecule is Cc1cncc(C(=O)C2=C[CH]2)c1. The molecule has 1 aliphatic carbocycles. The number of Topliss-reactive ketones (excluding diaryl/α,β-unsaturated/α-hetero) is 1. The van der Waals surface area contributed by atoms with E-state index in [1.807, 2.05) is 25.5 Å². The smallest absolute Gasteiger partial charge is 0.190 e. The van der Waals surface area contributed by atoms with Gasteiger partial charge in [-0.2, -0.15) is 0 Å². The Morgan fingerprint density at radius 2 is 2.17 bits per heavy atom. The second kappa shape index (κ2) is 2.55. The third-order valence-electron chi connectivity index (χ3n) is 1.73. The quantitative estimate of drug-likeness (QED) is 0.613. The first-order valence-corrected chi connectivity index (χ1v) is 3.79. The molecule has 1 aromatic rings. The molecule has 0 spiro atoms. The molecule has 1 heterocycles. The van der Waals surface area contributed by atoms with E-state index in [2.05, 4.69) is 4.98 Å². The van der Waals surface area contributed by atoms with Crippen molar-refractivity contribution in [2.75, 3.05) is 0 Å². The maximum atomic E-state index is 11.4. The zero-order valence-electron chi connectivity index (χ0n) is 6.74. The molecule has 2 nitrogen and oxygen atoms in total. The average Bonchev–Trinajstić information content (AvgIpc) is 2.85. The number of allylic oxidation sites excluding steroid dienone is 2. The number of aryl methyl sites for hydroxylation is 1. The van der Waals surface area contributed by atoms with Gasteiger partial charge in [0.05, 0.1) is 0 Å². The lowest BCUT2D eigenvalue weighted by Gasteiger charge is -1.96. The molecule has 59 valence electrons. The molecule has 1 aliphatic rings. The molecular weight excluding hydrogens is 150 g/mol. The summed E-state index contributed by atoms with van der Waals surface area (Å²) in [5.74, 6) is 0.0752. The highest BCUT2D eigenvalue weighted by Gasteiger charge is 2.19. The minimum Gasteiger partial charge on any atom is -0.289 e. The van der Waals surface area contributed by atoms with Gasteiger partial charge in [-0.15, -0.1) is 0 Å². The molecule has 0 saturated carbocycles. The van der Waals surface area contributed by atoms with Gasteiger partial charge in [0.2, 0.25) is 0 Å². The van der Waals surface area contributed by atoms with E-state index in [0.29, 0.717) is 5.56 Å². The van der Waals surface area contributed by atoms with E-state index in [1.165, 1.54) is 0 Å². The lowest BCUT2D eigenvalue weighted by molar-refractivity contribution is 0.104. The van der Waals surface area contributed by atoms with Crippen LogP contribution in [-0.2, 0) is 0 Å². The molecule has 0 aromatic carbocycles. The van der Waals surface area contributed by atoms with Crippen molar-refractivity contribution >= 4 is 5.78 Å². The van der Waals surface area contributed by atoms with Crippen molar-refractivity contribution in [3.8, 4) is 0 Å². The fourth-order valence-electron chi connectivity index (χ4n) is 1.04. The van der Waals surface area contributed by atoms with Gasteiger partial charge in [-0.3, -0.25) is 9.78 Å². The normalized spacial score (nSPS) is 13.9. The van der Waals surface area contributed by atoms with Gasteiger partial charge in [0, 0.05) is 30.0 Å². The number of rotatable bonds is 2. The zero-order chi connectivity index (χ0) is 8.55. The van der Waals surface area contributed by atoms with Gasteiger partial charge in [0.15, 0.2) is 5.78 Å². The van der Waals surface area contributed by atoms with Crippen LogP contribution in [0.5, 0.6) is 0 Å². The summed E-state index contributed by atoms with van der Waals surface area (Å²) in [4.78, 5) is 15.4. The monoisotopic (exact) mass is 158 g/mol. The van der Waals surface area contributed by atoms with E-state index >= 15 is 0 Å². The van der Waals surface area contributed by atoms with Crippen molar-refractivity contribution in [3.63, 3.8) is 0 Å². The first kappa shape index (κ1) is 7.22. The van der Waals surface area contributed by atoms with Gasteiger partial charge in [0.25, 0.3) is 0 Å². The van der Waals surface area contributed by atoms with Crippen molar-refractivity contribution in [1.82, 2.24) is 4.98 Å². The number of carbonyl (C=O) groups excluding carboxylic acids is 1.